The van der Waals surface area contributed by atoms with Crippen LogP contribution >= 0.6 is 0 Å². The van der Waals surface area contributed by atoms with Gasteiger partial charge in [0.1, 0.15) is 6.61 Å². The second-order valence-electron chi connectivity index (χ2n) is 4.97. The van der Waals surface area contributed by atoms with Crippen LogP contribution in [0.25, 0.3) is 0 Å². The van der Waals surface area contributed by atoms with E-state index in [2.05, 4.69) is 17.2 Å². The topological polar surface area (TPSA) is 54.5 Å². The van der Waals surface area contributed by atoms with Crippen molar-refractivity contribution < 1.29 is 9.53 Å². The van der Waals surface area contributed by atoms with Crippen LogP contribution in [0.1, 0.15) is 11.1 Å². The van der Waals surface area contributed by atoms with Gasteiger partial charge in [0.25, 0.3) is 0 Å². The van der Waals surface area contributed by atoms with Gasteiger partial charge < -0.3 is 10.1 Å². The van der Waals surface area contributed by atoms with Crippen LogP contribution in [0.3, 0.4) is 0 Å². The van der Waals surface area contributed by atoms with Gasteiger partial charge in [0.2, 0.25) is 0 Å². The summed E-state index contributed by atoms with van der Waals surface area (Å²) in [6.45, 7) is 3.82. The van der Waals surface area contributed by atoms with Crippen molar-refractivity contribution in [3.63, 3.8) is 0 Å². The van der Waals surface area contributed by atoms with E-state index in [9.17, 15) is 4.79 Å². The Bertz CT molecular complexity index is 657. The van der Waals surface area contributed by atoms with Crippen molar-refractivity contribution >= 4 is 17.5 Å². The number of anilines is 2. The van der Waals surface area contributed by atoms with Gasteiger partial charge in [-0.1, -0.05) is 6.07 Å². The molecule has 5 heteroatoms. The minimum Gasteiger partial charge on any atom is -0.447 e. The van der Waals surface area contributed by atoms with Gasteiger partial charge in [-0.3, -0.25) is 9.88 Å². The average Bonchev–Trinajstić information content (AvgIpc) is 2.93. The summed E-state index contributed by atoms with van der Waals surface area (Å²) in [5.41, 5.74) is 4.18. The molecular weight excluding hydrogens is 266 g/mol. The van der Waals surface area contributed by atoms with E-state index < -0.39 is 0 Å². The monoisotopic (exact) mass is 283 g/mol. The summed E-state index contributed by atoms with van der Waals surface area (Å²) in [5.74, 6) is 0. The van der Waals surface area contributed by atoms with E-state index in [0.29, 0.717) is 19.7 Å². The van der Waals surface area contributed by atoms with Crippen LogP contribution in [-0.2, 0) is 11.3 Å². The molecule has 3 rings (SSSR count). The van der Waals surface area contributed by atoms with E-state index in [1.54, 1.807) is 11.1 Å². The zero-order chi connectivity index (χ0) is 14.7. The van der Waals surface area contributed by atoms with Gasteiger partial charge in [-0.15, -0.1) is 0 Å². The molecular formula is C16H17N3O2. The van der Waals surface area contributed by atoms with Crippen molar-refractivity contribution in [3.05, 3.63) is 53.9 Å². The predicted octanol–water partition coefficient (Wildman–Crippen LogP) is 2.96. The lowest BCUT2D eigenvalue weighted by atomic mass is 10.1. The molecule has 2 aromatic rings. The van der Waals surface area contributed by atoms with Crippen LogP contribution in [0.5, 0.6) is 0 Å². The van der Waals surface area contributed by atoms with E-state index in [1.165, 1.54) is 5.56 Å². The molecule has 1 N–H and O–H groups in total. The molecule has 5 nitrogen and oxygen atoms in total. The Kier molecular flexibility index (Phi) is 3.73. The molecule has 1 fully saturated rings. The summed E-state index contributed by atoms with van der Waals surface area (Å²) in [6.07, 6.45) is 3.37. The maximum atomic E-state index is 11.6. The zero-order valence-corrected chi connectivity index (χ0v) is 11.9. The highest BCUT2D eigenvalue weighted by atomic mass is 16.6. The number of carbonyl (C=O) groups excluding carboxylic acids is 1. The number of pyridine rings is 1. The van der Waals surface area contributed by atoms with Gasteiger partial charge in [0.05, 0.1) is 6.54 Å². The molecule has 0 radical (unpaired) electrons. The smallest absolute Gasteiger partial charge is 0.414 e. The number of nitrogens with one attached hydrogen (secondary N) is 1. The molecule has 0 saturated carbocycles. The zero-order valence-electron chi connectivity index (χ0n) is 11.9. The Balaban J connectivity index is 1.72. The number of aromatic nitrogens is 1. The first kappa shape index (κ1) is 13.4. The lowest BCUT2D eigenvalue weighted by molar-refractivity contribution is 0.181. The maximum absolute atomic E-state index is 11.6. The quantitative estimate of drug-likeness (QED) is 0.937. The second-order valence-corrected chi connectivity index (χ2v) is 4.97. The number of benzene rings is 1. The van der Waals surface area contributed by atoms with Crippen molar-refractivity contribution in [2.75, 3.05) is 23.4 Å². The number of rotatable bonds is 4. The first-order valence-corrected chi connectivity index (χ1v) is 6.92. The van der Waals surface area contributed by atoms with Crippen molar-refractivity contribution in [1.82, 2.24) is 4.98 Å². The molecule has 1 saturated heterocycles. The Labute approximate surface area is 123 Å². The molecule has 1 aromatic heterocycles. The largest absolute Gasteiger partial charge is 0.447 e. The highest BCUT2D eigenvalue weighted by molar-refractivity contribution is 5.89. The molecule has 21 heavy (non-hydrogen) atoms. The molecule has 1 amide bonds. The van der Waals surface area contributed by atoms with E-state index in [-0.39, 0.29) is 6.09 Å². The van der Waals surface area contributed by atoms with Crippen LogP contribution in [-0.4, -0.2) is 24.2 Å². The van der Waals surface area contributed by atoms with Crippen LogP contribution in [0.2, 0.25) is 0 Å². The van der Waals surface area contributed by atoms with Gasteiger partial charge in [-0.05, 0) is 42.3 Å². The van der Waals surface area contributed by atoms with E-state index in [1.807, 2.05) is 36.5 Å². The third kappa shape index (κ3) is 2.97. The Morgan fingerprint density at radius 2 is 2.29 bits per heavy atom. The fraction of sp³-hybridized carbons (Fsp3) is 0.250. The number of aryl methyl sites for hydroxylation is 1. The summed E-state index contributed by atoms with van der Waals surface area (Å²) in [5, 5.41) is 3.36. The first-order valence-electron chi connectivity index (χ1n) is 6.92. The molecule has 0 bridgehead atoms. The minimum absolute atomic E-state index is 0.282. The van der Waals surface area contributed by atoms with E-state index >= 15 is 0 Å². The van der Waals surface area contributed by atoms with E-state index in [4.69, 9.17) is 4.74 Å². The third-order valence-corrected chi connectivity index (χ3v) is 3.55. The molecule has 0 aliphatic carbocycles. The SMILES string of the molecule is Cc1ccncc1CNc1cccc(N2CCOC2=O)c1. The first-order chi connectivity index (χ1) is 10.2. The van der Waals surface area contributed by atoms with E-state index in [0.717, 1.165) is 16.9 Å². The van der Waals surface area contributed by atoms with Crippen LogP contribution in [0.4, 0.5) is 16.2 Å². The summed E-state index contributed by atoms with van der Waals surface area (Å²) < 4.78 is 4.96. The molecule has 108 valence electrons. The molecule has 1 aromatic carbocycles. The van der Waals surface area contributed by atoms with Gasteiger partial charge in [0, 0.05) is 30.3 Å². The van der Waals surface area contributed by atoms with Gasteiger partial charge in [-0.25, -0.2) is 4.79 Å². The van der Waals surface area contributed by atoms with Crippen LogP contribution in [0, 0.1) is 6.92 Å². The fourth-order valence-electron chi connectivity index (χ4n) is 2.29. The lowest BCUT2D eigenvalue weighted by Gasteiger charge is -2.15. The number of cyclic esters (lactones) is 1. The maximum Gasteiger partial charge on any atom is 0.414 e. The minimum atomic E-state index is -0.282. The van der Waals surface area contributed by atoms with Crippen LogP contribution < -0.4 is 10.2 Å². The molecule has 2 heterocycles. The number of carbonyl (C=O) groups is 1. The van der Waals surface area contributed by atoms with Gasteiger partial charge in [0.15, 0.2) is 0 Å². The highest BCUT2D eigenvalue weighted by Gasteiger charge is 2.23. The summed E-state index contributed by atoms with van der Waals surface area (Å²) in [4.78, 5) is 17.4. The summed E-state index contributed by atoms with van der Waals surface area (Å²) in [6, 6.07) is 9.77. The molecule has 1 aliphatic rings. The average molecular weight is 283 g/mol. The molecule has 0 spiro atoms. The number of nitrogens with zero attached hydrogens (tertiary/aromatic N) is 2. The summed E-state index contributed by atoms with van der Waals surface area (Å²) >= 11 is 0. The molecule has 0 unspecified atom stereocenters. The number of hydrogen-bond acceptors (Lipinski definition) is 4. The molecule has 1 aliphatic heterocycles. The third-order valence-electron chi connectivity index (χ3n) is 3.55. The Morgan fingerprint density at radius 1 is 1.38 bits per heavy atom. The van der Waals surface area contributed by atoms with Crippen molar-refractivity contribution in [2.45, 2.75) is 13.5 Å². The highest BCUT2D eigenvalue weighted by Crippen LogP contribution is 2.22. The van der Waals surface area contributed by atoms with Crippen LogP contribution in [0.15, 0.2) is 42.7 Å². The second kappa shape index (κ2) is 5.83. The fourth-order valence-corrected chi connectivity index (χ4v) is 2.29. The number of amides is 1. The normalized spacial score (nSPS) is 14.1. The van der Waals surface area contributed by atoms with Crippen molar-refractivity contribution in [3.8, 4) is 0 Å². The van der Waals surface area contributed by atoms with Crippen molar-refractivity contribution in [1.29, 1.82) is 0 Å². The predicted molar refractivity (Wildman–Crippen MR) is 81.4 cm³/mol. The molecule has 0 atom stereocenters. The number of ether oxygens (including phenoxy) is 1. The van der Waals surface area contributed by atoms with Gasteiger partial charge in [-0.2, -0.15) is 0 Å². The standard InChI is InChI=1S/C16H17N3O2/c1-12-5-6-17-10-13(12)11-18-14-3-2-4-15(9-14)19-7-8-21-16(19)20/h2-6,9-10,18H,7-8,11H2,1H3. The van der Waals surface area contributed by atoms with Crippen molar-refractivity contribution in [2.24, 2.45) is 0 Å². The number of hydrogen-bond donors (Lipinski definition) is 1. The Morgan fingerprint density at radius 3 is 3.05 bits per heavy atom. The summed E-state index contributed by atoms with van der Waals surface area (Å²) in [7, 11) is 0. The Hall–Kier alpha value is -2.56. The lowest BCUT2D eigenvalue weighted by Crippen LogP contribution is -2.23. The van der Waals surface area contributed by atoms with Gasteiger partial charge >= 0.3 is 6.09 Å².